The average molecular weight is 442 g/mol. The maximum atomic E-state index is 12.5. The summed E-state index contributed by atoms with van der Waals surface area (Å²) < 4.78 is 0. The van der Waals surface area contributed by atoms with Gasteiger partial charge in [-0.15, -0.1) is 0 Å². The summed E-state index contributed by atoms with van der Waals surface area (Å²) in [6, 6.07) is 0. The first-order valence-electron chi connectivity index (χ1n) is 10.4. The fraction of sp³-hybridized carbons (Fsp3) is 0.864. The van der Waals surface area contributed by atoms with Gasteiger partial charge in [-0.1, -0.05) is 28.8 Å². The van der Waals surface area contributed by atoms with Gasteiger partial charge in [0, 0.05) is 11.3 Å². The van der Waals surface area contributed by atoms with E-state index in [2.05, 4.69) is 34.2 Å². The van der Waals surface area contributed by atoms with Crippen LogP contribution in [0.1, 0.15) is 64.7 Å². The Hall–Kier alpha value is -0.0400. The molecule has 0 spiro atoms. The second kappa shape index (κ2) is 7.09. The number of Topliss-reactive ketones (excluding diaryl/α,β-unsaturated/α-hetero) is 1. The van der Waals surface area contributed by atoms with E-state index < -0.39 is 5.60 Å². The lowest BCUT2D eigenvalue weighted by Crippen LogP contribution is -2.51. The predicted molar refractivity (Wildman–Crippen MR) is 108 cm³/mol. The first-order valence-corrected chi connectivity index (χ1v) is 11.9. The number of rotatable bonds is 2. The molecule has 0 aromatic carbocycles. The largest absolute Gasteiger partial charge is 0.378 e. The smallest absolute Gasteiger partial charge is 0.147 e. The van der Waals surface area contributed by atoms with Crippen LogP contribution in [-0.2, 0) is 4.79 Å². The van der Waals surface area contributed by atoms with Crippen LogP contribution in [0.3, 0.4) is 0 Å². The van der Waals surface area contributed by atoms with Gasteiger partial charge >= 0.3 is 0 Å². The Labute approximate surface area is 171 Å². The molecule has 0 amide bonds. The van der Waals surface area contributed by atoms with Crippen LogP contribution in [-0.4, -0.2) is 21.8 Å². The highest BCUT2D eigenvalue weighted by molar-refractivity contribution is 9.09. The van der Waals surface area contributed by atoms with Gasteiger partial charge in [0.25, 0.3) is 0 Å². The lowest BCUT2D eigenvalue weighted by molar-refractivity contribution is -0.129. The van der Waals surface area contributed by atoms with Crippen molar-refractivity contribution >= 4 is 33.3 Å². The number of hydrogen-bond donors (Lipinski definition) is 1. The number of ketones is 1. The molecule has 0 saturated heterocycles. The van der Waals surface area contributed by atoms with Gasteiger partial charge in [-0.05, 0) is 104 Å². The third-order valence-electron chi connectivity index (χ3n) is 8.81. The molecule has 0 aliphatic heterocycles. The van der Waals surface area contributed by atoms with Crippen LogP contribution in [0.2, 0.25) is 0 Å². The fourth-order valence-corrected chi connectivity index (χ4v) is 8.27. The van der Waals surface area contributed by atoms with Crippen LogP contribution in [0, 0.1) is 52.2 Å². The lowest BCUT2D eigenvalue weighted by Gasteiger charge is -2.56. The van der Waals surface area contributed by atoms with Crippen LogP contribution < -0.4 is 0 Å². The molecule has 4 rings (SSSR count). The number of alkyl halides is 1. The van der Waals surface area contributed by atoms with Gasteiger partial charge in [0.2, 0.25) is 0 Å². The van der Waals surface area contributed by atoms with E-state index in [0.29, 0.717) is 17.0 Å². The van der Waals surface area contributed by atoms with E-state index in [9.17, 15) is 9.90 Å². The highest BCUT2D eigenvalue weighted by Crippen LogP contribution is 2.64. The minimum Gasteiger partial charge on any atom is -0.378 e. The normalized spacial score (nSPS) is 50.0. The maximum Gasteiger partial charge on any atom is 0.147 e. The summed E-state index contributed by atoms with van der Waals surface area (Å²) in [5, 5.41) is 13.7. The van der Waals surface area contributed by atoms with Gasteiger partial charge in [-0.2, -0.15) is 0 Å². The number of halogens is 2. The Morgan fingerprint density at radius 1 is 1.12 bits per heavy atom. The van der Waals surface area contributed by atoms with Crippen LogP contribution in [0.15, 0.2) is 0 Å². The van der Waals surface area contributed by atoms with E-state index in [1.165, 1.54) is 32.1 Å². The number of carbonyl (C=O) groups excluding carboxylic acids is 1. The summed E-state index contributed by atoms with van der Waals surface area (Å²) in [7, 11) is 0. The monoisotopic (exact) mass is 440 g/mol. The van der Waals surface area contributed by atoms with Crippen LogP contribution in [0.4, 0.5) is 0 Å². The van der Waals surface area contributed by atoms with E-state index >= 15 is 0 Å². The second-order valence-electron chi connectivity index (χ2n) is 9.70. The van der Waals surface area contributed by atoms with Crippen molar-refractivity contribution in [3.63, 3.8) is 0 Å². The fourth-order valence-electron chi connectivity index (χ4n) is 7.70. The SMILES string of the molecule is C[C@]12CC[C@H]3[C@@H](CC[C@@H]4C[C@](O)(C#CCl)CC[C@@H]43)[C@@H]1CC[C@@H]2C(=O)CBr. The lowest BCUT2D eigenvalue weighted by atomic mass is 9.49. The molecule has 26 heavy (non-hydrogen) atoms. The number of fused-ring (bicyclic) bond motifs is 5. The molecule has 4 heteroatoms. The summed E-state index contributed by atoms with van der Waals surface area (Å²) in [6.45, 7) is 2.41. The molecule has 0 aromatic rings. The first kappa shape index (κ1) is 19.3. The molecule has 4 fully saturated rings. The van der Waals surface area contributed by atoms with Crippen molar-refractivity contribution in [1.29, 1.82) is 0 Å². The van der Waals surface area contributed by atoms with E-state index in [0.717, 1.165) is 49.4 Å². The molecular formula is C22H30BrClO2. The standard InChI is InChI=1S/C22H30BrClO2/c1-21-8-6-16-15-7-9-22(26,10-11-24)12-14(15)2-3-17(16)18(21)4-5-19(21)20(25)13-23/h14-19,26H,2-9,12-13H2,1H3/t14-,15+,16-,17-,18+,19-,21+,22-/m1/s1. The Morgan fingerprint density at radius 3 is 2.62 bits per heavy atom. The molecule has 0 aromatic heterocycles. The Balaban J connectivity index is 1.52. The molecule has 8 atom stereocenters. The Bertz CT molecular complexity index is 640. The van der Waals surface area contributed by atoms with E-state index in [4.69, 9.17) is 11.6 Å². The zero-order valence-electron chi connectivity index (χ0n) is 15.6. The zero-order valence-corrected chi connectivity index (χ0v) is 18.0. The van der Waals surface area contributed by atoms with Gasteiger partial charge in [0.1, 0.15) is 11.4 Å². The molecule has 4 aliphatic carbocycles. The van der Waals surface area contributed by atoms with E-state index in [1.54, 1.807) is 0 Å². The molecule has 0 radical (unpaired) electrons. The van der Waals surface area contributed by atoms with Crippen molar-refractivity contribution in [2.24, 2.45) is 40.9 Å². The van der Waals surface area contributed by atoms with Crippen molar-refractivity contribution in [2.45, 2.75) is 70.3 Å². The second-order valence-corrected chi connectivity index (χ2v) is 10.5. The number of carbonyl (C=O) groups is 1. The van der Waals surface area contributed by atoms with Crippen LogP contribution in [0.25, 0.3) is 0 Å². The number of aliphatic hydroxyl groups is 1. The predicted octanol–water partition coefficient (Wildman–Crippen LogP) is 5.15. The van der Waals surface area contributed by atoms with Crippen molar-refractivity contribution in [3.05, 3.63) is 0 Å². The molecule has 4 saturated carbocycles. The van der Waals surface area contributed by atoms with Crippen LogP contribution in [0.5, 0.6) is 0 Å². The minimum atomic E-state index is -0.861. The third-order valence-corrected chi connectivity index (χ3v) is 9.46. The molecule has 1 N–H and O–H groups in total. The molecule has 0 bridgehead atoms. The molecule has 144 valence electrons. The summed E-state index contributed by atoms with van der Waals surface area (Å²) in [6.07, 6.45) is 9.93. The Kier molecular flexibility index (Phi) is 5.26. The van der Waals surface area contributed by atoms with Crippen molar-refractivity contribution in [2.75, 3.05) is 5.33 Å². The van der Waals surface area contributed by atoms with Gasteiger partial charge in [-0.25, -0.2) is 0 Å². The Morgan fingerprint density at radius 2 is 1.88 bits per heavy atom. The average Bonchev–Trinajstić information content (AvgIpc) is 2.98. The van der Waals surface area contributed by atoms with Gasteiger partial charge in [0.05, 0.1) is 5.33 Å². The molecular weight excluding hydrogens is 412 g/mol. The first-order chi connectivity index (χ1) is 12.4. The summed E-state index contributed by atoms with van der Waals surface area (Å²) in [4.78, 5) is 12.5. The van der Waals surface area contributed by atoms with Crippen LogP contribution >= 0.6 is 27.5 Å². The summed E-state index contributed by atoms with van der Waals surface area (Å²) in [5.41, 5.74) is -0.641. The molecule has 2 nitrogen and oxygen atoms in total. The van der Waals surface area contributed by atoms with E-state index in [-0.39, 0.29) is 11.3 Å². The van der Waals surface area contributed by atoms with Gasteiger partial charge in [0.15, 0.2) is 0 Å². The topological polar surface area (TPSA) is 37.3 Å². The number of hydrogen-bond acceptors (Lipinski definition) is 2. The molecule has 0 heterocycles. The molecule has 4 aliphatic rings. The molecule has 0 unspecified atom stereocenters. The zero-order chi connectivity index (χ0) is 18.5. The van der Waals surface area contributed by atoms with Crippen molar-refractivity contribution in [1.82, 2.24) is 0 Å². The minimum absolute atomic E-state index is 0.221. The summed E-state index contributed by atoms with van der Waals surface area (Å²) >= 11 is 9.00. The maximum absolute atomic E-state index is 12.5. The van der Waals surface area contributed by atoms with Crippen molar-refractivity contribution in [3.8, 4) is 11.3 Å². The summed E-state index contributed by atoms with van der Waals surface area (Å²) in [5.74, 6) is 7.18. The van der Waals surface area contributed by atoms with Gasteiger partial charge < -0.3 is 5.11 Å². The van der Waals surface area contributed by atoms with Gasteiger partial charge in [-0.3, -0.25) is 4.79 Å². The highest BCUT2D eigenvalue weighted by atomic mass is 79.9. The highest BCUT2D eigenvalue weighted by Gasteiger charge is 2.58. The third kappa shape index (κ3) is 2.99. The van der Waals surface area contributed by atoms with Crippen molar-refractivity contribution < 1.29 is 9.90 Å². The quantitative estimate of drug-likeness (QED) is 0.475. The van der Waals surface area contributed by atoms with E-state index in [1.807, 2.05) is 0 Å².